The highest BCUT2D eigenvalue weighted by Crippen LogP contribution is 2.27. The minimum absolute atomic E-state index is 0.729. The number of aryl methyl sites for hydroxylation is 1. The second kappa shape index (κ2) is 4.93. The molecule has 94 valence electrons. The van der Waals surface area contributed by atoms with E-state index in [1.165, 1.54) is 0 Å². The van der Waals surface area contributed by atoms with Crippen LogP contribution >= 0.6 is 15.9 Å². The van der Waals surface area contributed by atoms with Gasteiger partial charge in [0.15, 0.2) is 5.82 Å². The van der Waals surface area contributed by atoms with Gasteiger partial charge in [0, 0.05) is 10.0 Å². The summed E-state index contributed by atoms with van der Waals surface area (Å²) in [6, 6.07) is 15.9. The Kier molecular flexibility index (Phi) is 3.13. The molecule has 4 nitrogen and oxygen atoms in total. The van der Waals surface area contributed by atoms with Crippen LogP contribution in [0.5, 0.6) is 0 Å². The summed E-state index contributed by atoms with van der Waals surface area (Å²) in [6.07, 6.45) is 0. The molecule has 0 atom stereocenters. The topological polar surface area (TPSA) is 43.6 Å². The normalized spacial score (nSPS) is 10.6. The Balaban J connectivity index is 2.18. The summed E-state index contributed by atoms with van der Waals surface area (Å²) in [7, 11) is 0. The van der Waals surface area contributed by atoms with Gasteiger partial charge in [-0.05, 0) is 44.9 Å². The van der Waals surface area contributed by atoms with Gasteiger partial charge in [-0.25, -0.2) is 0 Å². The Morgan fingerprint density at radius 3 is 2.58 bits per heavy atom. The van der Waals surface area contributed by atoms with E-state index in [1.807, 2.05) is 55.5 Å². The molecule has 0 aliphatic heterocycles. The largest absolute Gasteiger partial charge is 0.192 e. The molecule has 0 N–H and O–H groups in total. The Labute approximate surface area is 119 Å². The van der Waals surface area contributed by atoms with Crippen LogP contribution in [0.25, 0.3) is 17.1 Å². The first-order chi connectivity index (χ1) is 9.27. The number of nitrogens with zero attached hydrogens (tertiary/aromatic N) is 4. The van der Waals surface area contributed by atoms with Gasteiger partial charge < -0.3 is 0 Å². The average molecular weight is 315 g/mol. The Bertz CT molecular complexity index is 706. The fourth-order valence-electron chi connectivity index (χ4n) is 1.91. The lowest BCUT2D eigenvalue weighted by Gasteiger charge is -2.08. The third-order valence-electron chi connectivity index (χ3n) is 2.90. The summed E-state index contributed by atoms with van der Waals surface area (Å²) in [4.78, 5) is 0. The number of hydrogen-bond acceptors (Lipinski definition) is 3. The summed E-state index contributed by atoms with van der Waals surface area (Å²) in [5.74, 6) is 0.729. The third kappa shape index (κ3) is 2.17. The smallest absolute Gasteiger partial charge is 0.187 e. The van der Waals surface area contributed by atoms with Gasteiger partial charge in [-0.2, -0.15) is 4.68 Å². The first-order valence-corrected chi connectivity index (χ1v) is 6.66. The number of aromatic nitrogens is 4. The Hall–Kier alpha value is -2.01. The number of hydrogen-bond donors (Lipinski definition) is 0. The molecule has 0 spiro atoms. The van der Waals surface area contributed by atoms with Crippen molar-refractivity contribution in [3.8, 4) is 17.1 Å². The van der Waals surface area contributed by atoms with Crippen molar-refractivity contribution >= 4 is 15.9 Å². The minimum Gasteiger partial charge on any atom is -0.192 e. The molecule has 0 saturated heterocycles. The van der Waals surface area contributed by atoms with Gasteiger partial charge in [-0.1, -0.05) is 42.5 Å². The van der Waals surface area contributed by atoms with E-state index >= 15 is 0 Å². The van der Waals surface area contributed by atoms with Crippen LogP contribution in [-0.2, 0) is 0 Å². The van der Waals surface area contributed by atoms with Crippen LogP contribution in [0.4, 0.5) is 0 Å². The summed E-state index contributed by atoms with van der Waals surface area (Å²) >= 11 is 3.59. The monoisotopic (exact) mass is 314 g/mol. The maximum atomic E-state index is 4.11. The standard InChI is InChI=1S/C14H11BrN4/c1-10-6-5-9-12(13(10)15)19-14(16-17-18-19)11-7-3-2-4-8-11/h2-9H,1H3. The van der Waals surface area contributed by atoms with E-state index in [0.717, 1.165) is 27.1 Å². The van der Waals surface area contributed by atoms with E-state index < -0.39 is 0 Å². The Morgan fingerprint density at radius 2 is 1.79 bits per heavy atom. The van der Waals surface area contributed by atoms with Crippen molar-refractivity contribution < 1.29 is 0 Å². The molecule has 0 fully saturated rings. The minimum atomic E-state index is 0.729. The highest BCUT2D eigenvalue weighted by atomic mass is 79.9. The van der Waals surface area contributed by atoms with Crippen molar-refractivity contribution in [1.82, 2.24) is 20.2 Å². The second-order valence-corrected chi connectivity index (χ2v) is 4.98. The van der Waals surface area contributed by atoms with Gasteiger partial charge in [0.2, 0.25) is 0 Å². The summed E-state index contributed by atoms with van der Waals surface area (Å²) in [5, 5.41) is 12.0. The van der Waals surface area contributed by atoms with E-state index in [4.69, 9.17) is 0 Å². The van der Waals surface area contributed by atoms with Gasteiger partial charge in [-0.3, -0.25) is 0 Å². The highest BCUT2D eigenvalue weighted by molar-refractivity contribution is 9.10. The molecule has 0 aliphatic rings. The third-order valence-corrected chi connectivity index (χ3v) is 3.93. The molecule has 0 unspecified atom stereocenters. The molecule has 3 aromatic rings. The molecule has 0 bridgehead atoms. The number of benzene rings is 2. The van der Waals surface area contributed by atoms with Crippen molar-refractivity contribution in [2.24, 2.45) is 0 Å². The van der Waals surface area contributed by atoms with Crippen molar-refractivity contribution in [1.29, 1.82) is 0 Å². The first kappa shape index (κ1) is 12.0. The molecule has 1 heterocycles. The quantitative estimate of drug-likeness (QED) is 0.728. The number of rotatable bonds is 2. The molecule has 0 radical (unpaired) electrons. The lowest BCUT2D eigenvalue weighted by atomic mass is 10.2. The maximum absolute atomic E-state index is 4.11. The van der Waals surface area contributed by atoms with Crippen LogP contribution in [0.1, 0.15) is 5.56 Å². The van der Waals surface area contributed by atoms with Crippen LogP contribution in [0.3, 0.4) is 0 Å². The molecule has 0 aliphatic carbocycles. The summed E-state index contributed by atoms with van der Waals surface area (Å²) in [6.45, 7) is 2.04. The number of halogens is 1. The number of tetrazole rings is 1. The second-order valence-electron chi connectivity index (χ2n) is 4.19. The van der Waals surface area contributed by atoms with Gasteiger partial charge >= 0.3 is 0 Å². The van der Waals surface area contributed by atoms with E-state index in [-0.39, 0.29) is 0 Å². The molecule has 0 saturated carbocycles. The molecule has 2 aromatic carbocycles. The van der Waals surface area contributed by atoms with Gasteiger partial charge in [0.05, 0.1) is 5.69 Å². The van der Waals surface area contributed by atoms with Crippen LogP contribution in [0, 0.1) is 6.92 Å². The zero-order valence-electron chi connectivity index (χ0n) is 10.3. The van der Waals surface area contributed by atoms with E-state index in [9.17, 15) is 0 Å². The van der Waals surface area contributed by atoms with Gasteiger partial charge in [-0.15, -0.1) is 5.10 Å². The zero-order chi connectivity index (χ0) is 13.2. The van der Waals surface area contributed by atoms with E-state index in [0.29, 0.717) is 0 Å². The lowest BCUT2D eigenvalue weighted by Crippen LogP contribution is -2.01. The van der Waals surface area contributed by atoms with Crippen molar-refractivity contribution in [3.63, 3.8) is 0 Å². The fraction of sp³-hybridized carbons (Fsp3) is 0.0714. The molecule has 19 heavy (non-hydrogen) atoms. The molecule has 3 rings (SSSR count). The highest BCUT2D eigenvalue weighted by Gasteiger charge is 2.13. The van der Waals surface area contributed by atoms with Gasteiger partial charge in [0.1, 0.15) is 0 Å². The lowest BCUT2D eigenvalue weighted by molar-refractivity contribution is 0.788. The summed E-state index contributed by atoms with van der Waals surface area (Å²) in [5.41, 5.74) is 3.07. The van der Waals surface area contributed by atoms with E-state index in [1.54, 1.807) is 4.68 Å². The Morgan fingerprint density at radius 1 is 1.00 bits per heavy atom. The molecular formula is C14H11BrN4. The van der Waals surface area contributed by atoms with Gasteiger partial charge in [0.25, 0.3) is 0 Å². The van der Waals surface area contributed by atoms with E-state index in [2.05, 4.69) is 31.5 Å². The van der Waals surface area contributed by atoms with Crippen LogP contribution in [0.2, 0.25) is 0 Å². The average Bonchev–Trinajstić information content (AvgIpc) is 2.92. The van der Waals surface area contributed by atoms with Crippen LogP contribution in [0.15, 0.2) is 53.0 Å². The van der Waals surface area contributed by atoms with Crippen molar-refractivity contribution in [2.45, 2.75) is 6.92 Å². The molecule has 1 aromatic heterocycles. The first-order valence-electron chi connectivity index (χ1n) is 5.86. The van der Waals surface area contributed by atoms with Crippen LogP contribution < -0.4 is 0 Å². The zero-order valence-corrected chi connectivity index (χ0v) is 11.9. The summed E-state index contributed by atoms with van der Waals surface area (Å²) < 4.78 is 2.74. The van der Waals surface area contributed by atoms with Crippen molar-refractivity contribution in [3.05, 3.63) is 58.6 Å². The van der Waals surface area contributed by atoms with Crippen LogP contribution in [-0.4, -0.2) is 20.2 Å². The fourth-order valence-corrected chi connectivity index (χ4v) is 2.34. The maximum Gasteiger partial charge on any atom is 0.187 e. The molecular weight excluding hydrogens is 304 g/mol. The predicted octanol–water partition coefficient (Wildman–Crippen LogP) is 3.40. The van der Waals surface area contributed by atoms with Crippen molar-refractivity contribution in [2.75, 3.05) is 0 Å². The SMILES string of the molecule is Cc1cccc(-n2nnnc2-c2ccccc2)c1Br. The molecule has 5 heteroatoms. The predicted molar refractivity (Wildman–Crippen MR) is 77.0 cm³/mol. The molecule has 0 amide bonds.